The molecular formula is C21H30Cl2N6O2. The lowest BCUT2D eigenvalue weighted by Crippen LogP contribution is -2.33. The predicted octanol–water partition coefficient (Wildman–Crippen LogP) is 1.65. The number of hydrogen-bond acceptors (Lipinski definition) is 5. The molecule has 0 bridgehead atoms. The van der Waals surface area contributed by atoms with Crippen LogP contribution in [0.25, 0.3) is 0 Å². The zero-order valence-corrected chi connectivity index (χ0v) is 19.0. The van der Waals surface area contributed by atoms with E-state index in [-0.39, 0.29) is 36.6 Å². The summed E-state index contributed by atoms with van der Waals surface area (Å²) in [5.74, 6) is -0.245. The van der Waals surface area contributed by atoms with E-state index >= 15 is 0 Å². The average molecular weight is 469 g/mol. The van der Waals surface area contributed by atoms with Crippen molar-refractivity contribution in [2.24, 2.45) is 0 Å². The van der Waals surface area contributed by atoms with Gasteiger partial charge in [-0.3, -0.25) is 14.7 Å². The minimum atomic E-state index is -0.185. The normalized spacial score (nSPS) is 15.4. The topological polar surface area (TPSA) is 102 Å². The molecule has 1 aromatic heterocycles. The van der Waals surface area contributed by atoms with Crippen molar-refractivity contribution in [2.75, 3.05) is 32.7 Å². The van der Waals surface area contributed by atoms with Gasteiger partial charge >= 0.3 is 0 Å². The summed E-state index contributed by atoms with van der Waals surface area (Å²) in [4.78, 5) is 27.1. The van der Waals surface area contributed by atoms with Crippen molar-refractivity contribution < 1.29 is 9.59 Å². The van der Waals surface area contributed by atoms with E-state index in [0.29, 0.717) is 30.9 Å². The van der Waals surface area contributed by atoms with Gasteiger partial charge in [-0.15, -0.1) is 24.8 Å². The Bertz CT molecular complexity index is 865. The molecule has 2 aliphatic rings. The fourth-order valence-electron chi connectivity index (χ4n) is 3.89. The second-order valence-corrected chi connectivity index (χ2v) is 7.64. The number of hydrogen-bond donors (Lipinski definition) is 4. The molecule has 0 aliphatic carbocycles. The largest absolute Gasteiger partial charge is 0.351 e. The molecule has 8 nitrogen and oxygen atoms in total. The van der Waals surface area contributed by atoms with Crippen LogP contribution in [0.15, 0.2) is 24.3 Å². The van der Waals surface area contributed by atoms with Crippen molar-refractivity contribution in [3.8, 4) is 0 Å². The van der Waals surface area contributed by atoms with E-state index in [1.165, 1.54) is 12.8 Å². The Morgan fingerprint density at radius 1 is 1.03 bits per heavy atom. The Morgan fingerprint density at radius 3 is 2.52 bits per heavy atom. The van der Waals surface area contributed by atoms with E-state index in [0.717, 1.165) is 49.4 Å². The highest BCUT2D eigenvalue weighted by Gasteiger charge is 2.21. The van der Waals surface area contributed by atoms with Gasteiger partial charge in [0.25, 0.3) is 11.8 Å². The first kappa shape index (κ1) is 25.1. The molecule has 10 heteroatoms. The summed E-state index contributed by atoms with van der Waals surface area (Å²) in [6.07, 6.45) is 3.37. The molecule has 4 rings (SSSR count). The maximum Gasteiger partial charge on any atom is 0.272 e. The van der Waals surface area contributed by atoms with Crippen LogP contribution >= 0.6 is 24.8 Å². The molecule has 31 heavy (non-hydrogen) atoms. The van der Waals surface area contributed by atoms with Crippen molar-refractivity contribution in [3.05, 3.63) is 52.3 Å². The lowest BCUT2D eigenvalue weighted by molar-refractivity contribution is 0.0937. The minimum absolute atomic E-state index is 0. The molecule has 170 valence electrons. The van der Waals surface area contributed by atoms with Gasteiger partial charge in [-0.1, -0.05) is 12.1 Å². The highest BCUT2D eigenvalue weighted by molar-refractivity contribution is 5.94. The molecule has 1 aromatic carbocycles. The zero-order chi connectivity index (χ0) is 20.1. The first-order valence-electron chi connectivity index (χ1n) is 10.4. The van der Waals surface area contributed by atoms with Crippen LogP contribution in [-0.4, -0.2) is 59.6 Å². The quantitative estimate of drug-likeness (QED) is 0.494. The van der Waals surface area contributed by atoms with Gasteiger partial charge in [-0.05, 0) is 43.6 Å². The van der Waals surface area contributed by atoms with Crippen LogP contribution in [0.4, 0.5) is 0 Å². The maximum absolute atomic E-state index is 12.5. The molecule has 2 amide bonds. The van der Waals surface area contributed by atoms with Crippen LogP contribution in [-0.2, 0) is 19.5 Å². The fraction of sp³-hybridized carbons (Fsp3) is 0.476. The third-order valence-electron chi connectivity index (χ3n) is 5.60. The number of likely N-dealkylation sites (tertiary alicyclic amines) is 1. The number of H-pyrrole nitrogens is 1. The first-order chi connectivity index (χ1) is 14.2. The van der Waals surface area contributed by atoms with Gasteiger partial charge in [-0.2, -0.15) is 5.10 Å². The molecule has 1 saturated heterocycles. The fourth-order valence-corrected chi connectivity index (χ4v) is 3.89. The van der Waals surface area contributed by atoms with Crippen LogP contribution in [0.1, 0.15) is 50.5 Å². The van der Waals surface area contributed by atoms with Crippen LogP contribution in [0.5, 0.6) is 0 Å². The number of rotatable bonds is 7. The van der Waals surface area contributed by atoms with Crippen LogP contribution in [0.3, 0.4) is 0 Å². The van der Waals surface area contributed by atoms with Gasteiger partial charge in [0, 0.05) is 56.0 Å². The summed E-state index contributed by atoms with van der Waals surface area (Å²) < 4.78 is 0. The molecule has 0 atom stereocenters. The summed E-state index contributed by atoms with van der Waals surface area (Å²) in [7, 11) is 0. The Kier molecular flexibility index (Phi) is 9.77. The summed E-state index contributed by atoms with van der Waals surface area (Å²) in [6, 6.07) is 7.34. The number of nitrogens with one attached hydrogen (secondary N) is 4. The number of nitrogens with zero attached hydrogens (tertiary/aromatic N) is 2. The van der Waals surface area contributed by atoms with E-state index < -0.39 is 0 Å². The second-order valence-electron chi connectivity index (χ2n) is 7.64. The van der Waals surface area contributed by atoms with Gasteiger partial charge in [-0.25, -0.2) is 0 Å². The van der Waals surface area contributed by atoms with Gasteiger partial charge in [0.15, 0.2) is 5.69 Å². The molecule has 4 N–H and O–H groups in total. The molecule has 0 radical (unpaired) electrons. The highest BCUT2D eigenvalue weighted by Crippen LogP contribution is 2.15. The molecule has 1 fully saturated rings. The van der Waals surface area contributed by atoms with Crippen LogP contribution in [0, 0.1) is 0 Å². The van der Waals surface area contributed by atoms with E-state index in [1.807, 2.05) is 12.1 Å². The summed E-state index contributed by atoms with van der Waals surface area (Å²) in [5, 5.41) is 16.3. The number of fused-ring (bicyclic) bond motifs is 1. The van der Waals surface area contributed by atoms with Gasteiger partial charge < -0.3 is 20.9 Å². The Hall–Kier alpha value is -2.13. The molecule has 0 spiro atoms. The van der Waals surface area contributed by atoms with Crippen molar-refractivity contribution in [1.82, 2.24) is 31.0 Å². The van der Waals surface area contributed by atoms with Crippen molar-refractivity contribution in [1.29, 1.82) is 0 Å². The molecule has 2 aliphatic heterocycles. The average Bonchev–Trinajstić information content (AvgIpc) is 3.42. The lowest BCUT2D eigenvalue weighted by Gasteiger charge is -2.14. The molecule has 0 saturated carbocycles. The van der Waals surface area contributed by atoms with Crippen molar-refractivity contribution in [2.45, 2.75) is 32.4 Å². The first-order valence-corrected chi connectivity index (χ1v) is 10.4. The number of carbonyl (C=O) groups is 2. The third kappa shape index (κ3) is 6.43. The second kappa shape index (κ2) is 12.0. The Morgan fingerprint density at radius 2 is 1.77 bits per heavy atom. The number of benzene rings is 1. The Balaban J connectivity index is 0.00000171. The maximum atomic E-state index is 12.5. The predicted molar refractivity (Wildman–Crippen MR) is 124 cm³/mol. The molecule has 0 unspecified atom stereocenters. The number of amides is 2. The van der Waals surface area contributed by atoms with Crippen LogP contribution < -0.4 is 16.0 Å². The van der Waals surface area contributed by atoms with E-state index in [4.69, 9.17) is 0 Å². The Labute approximate surface area is 194 Å². The number of carbonyl (C=O) groups excluding carboxylic acids is 2. The number of halogens is 2. The third-order valence-corrected chi connectivity index (χ3v) is 5.60. The molecular weight excluding hydrogens is 439 g/mol. The minimum Gasteiger partial charge on any atom is -0.351 e. The SMILES string of the molecule is Cl.Cl.O=C(NCCN1CCCC1)c1ccc(CNC(=O)c2n[nH]c3c2CNCC3)cc1. The lowest BCUT2D eigenvalue weighted by atomic mass is 10.1. The van der Waals surface area contributed by atoms with Gasteiger partial charge in [0.2, 0.25) is 0 Å². The van der Waals surface area contributed by atoms with Crippen molar-refractivity contribution in [3.63, 3.8) is 0 Å². The standard InChI is InChI=1S/C21H28N6O2.2ClH/c28-20(23-9-12-27-10-1-2-11-27)16-5-3-15(4-6-16)13-24-21(29)19-17-14-22-8-7-18(17)25-26-19;;/h3-6,22H,1-2,7-14H2,(H,23,28)(H,24,29)(H,25,26);2*1H. The van der Waals surface area contributed by atoms with Gasteiger partial charge in [0.1, 0.15) is 0 Å². The highest BCUT2D eigenvalue weighted by atomic mass is 35.5. The molecule has 2 aromatic rings. The smallest absolute Gasteiger partial charge is 0.272 e. The van der Waals surface area contributed by atoms with Crippen LogP contribution in [0.2, 0.25) is 0 Å². The molecule has 3 heterocycles. The van der Waals surface area contributed by atoms with E-state index in [1.54, 1.807) is 12.1 Å². The summed E-state index contributed by atoms with van der Waals surface area (Å²) in [5.41, 5.74) is 4.02. The van der Waals surface area contributed by atoms with E-state index in [2.05, 4.69) is 31.0 Å². The van der Waals surface area contributed by atoms with E-state index in [9.17, 15) is 9.59 Å². The number of aromatic nitrogens is 2. The zero-order valence-electron chi connectivity index (χ0n) is 17.4. The van der Waals surface area contributed by atoms with Gasteiger partial charge in [0.05, 0.1) is 0 Å². The number of aromatic amines is 1. The van der Waals surface area contributed by atoms with Crippen molar-refractivity contribution >= 4 is 36.6 Å². The summed E-state index contributed by atoms with van der Waals surface area (Å²) >= 11 is 0. The summed E-state index contributed by atoms with van der Waals surface area (Å²) in [6.45, 7) is 5.79. The monoisotopic (exact) mass is 468 g/mol.